The summed E-state index contributed by atoms with van der Waals surface area (Å²) < 4.78 is 5.25. The van der Waals surface area contributed by atoms with Gasteiger partial charge in [0.2, 0.25) is 0 Å². The van der Waals surface area contributed by atoms with Crippen molar-refractivity contribution in [3.63, 3.8) is 0 Å². The summed E-state index contributed by atoms with van der Waals surface area (Å²) in [6, 6.07) is 6.85. The summed E-state index contributed by atoms with van der Waals surface area (Å²) in [5.41, 5.74) is 8.07. The van der Waals surface area contributed by atoms with Crippen molar-refractivity contribution in [3.05, 3.63) is 47.4 Å². The fraction of sp³-hybridized carbons (Fsp3) is 0.214. The molecule has 19 heavy (non-hydrogen) atoms. The van der Waals surface area contributed by atoms with Crippen LogP contribution in [0, 0.1) is 6.92 Å². The number of anilines is 2. The minimum atomic E-state index is -1.02. The standard InChI is InChI=1S/C14H16N2O3/c1-9-10(5-6-19-9)8-16(2)11-3-4-12(14(17)18)13(15)7-11/h3-7H,8,15H2,1-2H3,(H,17,18). The minimum absolute atomic E-state index is 0.122. The van der Waals surface area contributed by atoms with Crippen molar-refractivity contribution < 1.29 is 14.3 Å². The van der Waals surface area contributed by atoms with Crippen LogP contribution >= 0.6 is 0 Å². The lowest BCUT2D eigenvalue weighted by atomic mass is 10.1. The highest BCUT2D eigenvalue weighted by Gasteiger charge is 2.11. The topological polar surface area (TPSA) is 79.7 Å². The number of furan rings is 1. The molecule has 1 aromatic carbocycles. The average Bonchev–Trinajstić information content (AvgIpc) is 2.74. The summed E-state index contributed by atoms with van der Waals surface area (Å²) in [5, 5.41) is 8.93. The number of hydrogen-bond donors (Lipinski definition) is 2. The van der Waals surface area contributed by atoms with Gasteiger partial charge in [0.15, 0.2) is 0 Å². The van der Waals surface area contributed by atoms with Crippen LogP contribution in [0.5, 0.6) is 0 Å². The number of nitrogens with two attached hydrogens (primary N) is 1. The zero-order valence-electron chi connectivity index (χ0n) is 10.9. The molecule has 0 aliphatic carbocycles. The van der Waals surface area contributed by atoms with E-state index in [2.05, 4.69) is 0 Å². The van der Waals surface area contributed by atoms with Gasteiger partial charge in [-0.3, -0.25) is 0 Å². The third kappa shape index (κ3) is 2.70. The van der Waals surface area contributed by atoms with E-state index in [1.54, 1.807) is 18.4 Å². The number of nitrogen functional groups attached to an aromatic ring is 1. The van der Waals surface area contributed by atoms with E-state index in [0.717, 1.165) is 17.0 Å². The molecule has 0 atom stereocenters. The van der Waals surface area contributed by atoms with E-state index in [0.29, 0.717) is 6.54 Å². The van der Waals surface area contributed by atoms with Crippen LogP contribution in [0.15, 0.2) is 34.9 Å². The summed E-state index contributed by atoms with van der Waals surface area (Å²) in [6.07, 6.45) is 1.65. The lowest BCUT2D eigenvalue weighted by molar-refractivity contribution is 0.0698. The van der Waals surface area contributed by atoms with Crippen LogP contribution in [-0.2, 0) is 6.54 Å². The van der Waals surface area contributed by atoms with Crippen molar-refractivity contribution in [3.8, 4) is 0 Å². The summed E-state index contributed by atoms with van der Waals surface area (Å²) >= 11 is 0. The first kappa shape index (κ1) is 13.0. The van der Waals surface area contributed by atoms with Crippen LogP contribution < -0.4 is 10.6 Å². The number of carboxylic acids is 1. The van der Waals surface area contributed by atoms with E-state index in [1.807, 2.05) is 24.9 Å². The Bertz CT molecular complexity index is 604. The molecule has 0 fully saturated rings. The lowest BCUT2D eigenvalue weighted by Gasteiger charge is -2.19. The molecule has 0 bridgehead atoms. The number of rotatable bonds is 4. The fourth-order valence-corrected chi connectivity index (χ4v) is 1.90. The molecule has 1 heterocycles. The summed E-state index contributed by atoms with van der Waals surface area (Å²) in [7, 11) is 1.92. The Labute approximate surface area is 111 Å². The van der Waals surface area contributed by atoms with E-state index in [-0.39, 0.29) is 11.3 Å². The van der Waals surface area contributed by atoms with Gasteiger partial charge in [-0.1, -0.05) is 0 Å². The molecule has 0 spiro atoms. The Hall–Kier alpha value is -2.43. The summed E-state index contributed by atoms with van der Waals surface area (Å²) in [4.78, 5) is 12.9. The van der Waals surface area contributed by atoms with Crippen LogP contribution in [0.3, 0.4) is 0 Å². The molecule has 0 aliphatic heterocycles. The van der Waals surface area contributed by atoms with Crippen molar-refractivity contribution in [2.24, 2.45) is 0 Å². The van der Waals surface area contributed by atoms with Crippen molar-refractivity contribution in [2.75, 3.05) is 17.7 Å². The van der Waals surface area contributed by atoms with Gasteiger partial charge in [0.1, 0.15) is 5.76 Å². The van der Waals surface area contributed by atoms with Crippen molar-refractivity contribution >= 4 is 17.3 Å². The van der Waals surface area contributed by atoms with E-state index in [1.165, 1.54) is 6.07 Å². The predicted octanol–water partition coefficient (Wildman–Crippen LogP) is 2.50. The van der Waals surface area contributed by atoms with Gasteiger partial charge in [0.25, 0.3) is 0 Å². The Morgan fingerprint density at radius 1 is 1.42 bits per heavy atom. The molecule has 2 aromatic rings. The molecule has 100 valence electrons. The normalized spacial score (nSPS) is 10.4. The molecule has 0 unspecified atom stereocenters. The number of nitrogens with zero attached hydrogens (tertiary/aromatic N) is 1. The zero-order valence-corrected chi connectivity index (χ0v) is 10.9. The smallest absolute Gasteiger partial charge is 0.337 e. The Kier molecular flexibility index (Phi) is 3.46. The fourth-order valence-electron chi connectivity index (χ4n) is 1.90. The van der Waals surface area contributed by atoms with E-state index < -0.39 is 5.97 Å². The molecule has 0 aliphatic rings. The van der Waals surface area contributed by atoms with Crippen LogP contribution in [0.4, 0.5) is 11.4 Å². The quantitative estimate of drug-likeness (QED) is 0.826. The molecule has 0 saturated heterocycles. The molecule has 5 heteroatoms. The van der Waals surface area contributed by atoms with Crippen LogP contribution in [0.2, 0.25) is 0 Å². The number of carbonyl (C=O) groups is 1. The van der Waals surface area contributed by atoms with Crippen molar-refractivity contribution in [1.82, 2.24) is 0 Å². The van der Waals surface area contributed by atoms with Crippen LogP contribution in [0.1, 0.15) is 21.7 Å². The van der Waals surface area contributed by atoms with Gasteiger partial charge in [-0.15, -0.1) is 0 Å². The largest absolute Gasteiger partial charge is 0.478 e. The SMILES string of the molecule is Cc1occc1CN(C)c1ccc(C(=O)O)c(N)c1. The van der Waals surface area contributed by atoms with Gasteiger partial charge < -0.3 is 20.2 Å². The highest BCUT2D eigenvalue weighted by Crippen LogP contribution is 2.23. The summed E-state index contributed by atoms with van der Waals surface area (Å²) in [5.74, 6) is -0.139. The van der Waals surface area contributed by atoms with Crippen molar-refractivity contribution in [2.45, 2.75) is 13.5 Å². The number of hydrogen-bond acceptors (Lipinski definition) is 4. The van der Waals surface area contributed by atoms with E-state index in [9.17, 15) is 4.79 Å². The second-order valence-corrected chi connectivity index (χ2v) is 4.43. The maximum Gasteiger partial charge on any atom is 0.337 e. The zero-order chi connectivity index (χ0) is 14.0. The predicted molar refractivity (Wildman–Crippen MR) is 73.4 cm³/mol. The minimum Gasteiger partial charge on any atom is -0.478 e. The van der Waals surface area contributed by atoms with Gasteiger partial charge in [-0.25, -0.2) is 4.79 Å². The van der Waals surface area contributed by atoms with Crippen molar-refractivity contribution in [1.29, 1.82) is 0 Å². The second-order valence-electron chi connectivity index (χ2n) is 4.43. The highest BCUT2D eigenvalue weighted by molar-refractivity contribution is 5.94. The van der Waals surface area contributed by atoms with Gasteiger partial charge in [-0.05, 0) is 31.2 Å². The molecule has 0 saturated carbocycles. The first-order valence-electron chi connectivity index (χ1n) is 5.86. The number of aromatic carboxylic acids is 1. The monoisotopic (exact) mass is 260 g/mol. The molecule has 5 nitrogen and oxygen atoms in total. The number of aryl methyl sites for hydroxylation is 1. The lowest BCUT2D eigenvalue weighted by Crippen LogP contribution is -2.17. The molecular weight excluding hydrogens is 244 g/mol. The average molecular weight is 260 g/mol. The molecule has 2 rings (SSSR count). The highest BCUT2D eigenvalue weighted by atomic mass is 16.4. The first-order valence-corrected chi connectivity index (χ1v) is 5.86. The number of benzene rings is 1. The van der Waals surface area contributed by atoms with Gasteiger partial charge in [0, 0.05) is 30.5 Å². The molecule has 0 radical (unpaired) electrons. The van der Waals surface area contributed by atoms with Crippen LogP contribution in [0.25, 0.3) is 0 Å². The third-order valence-electron chi connectivity index (χ3n) is 3.08. The van der Waals surface area contributed by atoms with Gasteiger partial charge >= 0.3 is 5.97 Å². The Morgan fingerprint density at radius 3 is 2.68 bits per heavy atom. The van der Waals surface area contributed by atoms with E-state index in [4.69, 9.17) is 15.3 Å². The van der Waals surface area contributed by atoms with Crippen LogP contribution in [-0.4, -0.2) is 18.1 Å². The molecular formula is C14H16N2O3. The molecule has 0 amide bonds. The Balaban J connectivity index is 2.20. The van der Waals surface area contributed by atoms with Gasteiger partial charge in [-0.2, -0.15) is 0 Å². The molecule has 3 N–H and O–H groups in total. The first-order chi connectivity index (χ1) is 8.99. The third-order valence-corrected chi connectivity index (χ3v) is 3.08. The van der Waals surface area contributed by atoms with Gasteiger partial charge in [0.05, 0.1) is 11.8 Å². The van der Waals surface area contributed by atoms with E-state index >= 15 is 0 Å². The summed E-state index contributed by atoms with van der Waals surface area (Å²) in [6.45, 7) is 2.58. The maximum absolute atomic E-state index is 10.9. The molecule has 1 aromatic heterocycles. The Morgan fingerprint density at radius 2 is 2.16 bits per heavy atom. The maximum atomic E-state index is 10.9. The second kappa shape index (κ2) is 5.06. The number of carboxylic acid groups (broad SMARTS) is 1.